The van der Waals surface area contributed by atoms with Crippen LogP contribution in [-0.2, 0) is 9.47 Å². The number of ether oxygens (including phenoxy) is 2. The third kappa shape index (κ3) is 7.34. The minimum atomic E-state index is 0.177. The van der Waals surface area contributed by atoms with Gasteiger partial charge in [-0.15, -0.1) is 0 Å². The Kier molecular flexibility index (Phi) is 8.25. The van der Waals surface area contributed by atoms with E-state index in [1.807, 2.05) is 13.0 Å². The standard InChI is InChI=1S/C19H35N3O2/c1-5-17(23-14-15(2)3)8-6-7-11-20-18-19(24-18)21-16-9-12-22(4)13-10-16/h5-6,8,15-16,18-21H,7,9-14H2,1-4H3/b8-6-,17-5+. The molecule has 2 atom stereocenters. The highest BCUT2D eigenvalue weighted by atomic mass is 16.6. The fourth-order valence-corrected chi connectivity index (χ4v) is 2.80. The van der Waals surface area contributed by atoms with Crippen LogP contribution in [0.3, 0.4) is 0 Å². The number of allylic oxidation sites excluding steroid dienone is 2. The molecule has 2 aliphatic heterocycles. The number of rotatable bonds is 10. The second-order valence-corrected chi connectivity index (χ2v) is 7.26. The summed E-state index contributed by atoms with van der Waals surface area (Å²) in [7, 11) is 2.19. The number of nitrogens with zero attached hydrogens (tertiary/aromatic N) is 1. The first kappa shape index (κ1) is 19.4. The van der Waals surface area contributed by atoms with Crippen LogP contribution in [-0.4, -0.2) is 56.7 Å². The summed E-state index contributed by atoms with van der Waals surface area (Å²) in [5.41, 5.74) is 0. The van der Waals surface area contributed by atoms with Crippen LogP contribution in [0.15, 0.2) is 24.0 Å². The van der Waals surface area contributed by atoms with E-state index in [0.717, 1.165) is 25.3 Å². The van der Waals surface area contributed by atoms with Gasteiger partial charge in [0.2, 0.25) is 0 Å². The van der Waals surface area contributed by atoms with Gasteiger partial charge >= 0.3 is 0 Å². The Morgan fingerprint density at radius 2 is 2.04 bits per heavy atom. The van der Waals surface area contributed by atoms with E-state index in [2.05, 4.69) is 48.6 Å². The summed E-state index contributed by atoms with van der Waals surface area (Å²) in [5, 5.41) is 7.04. The molecule has 0 aliphatic carbocycles. The van der Waals surface area contributed by atoms with Crippen LogP contribution in [0.2, 0.25) is 0 Å². The predicted molar refractivity (Wildman–Crippen MR) is 98.6 cm³/mol. The maximum absolute atomic E-state index is 5.72. The van der Waals surface area contributed by atoms with E-state index < -0.39 is 0 Å². The molecule has 0 radical (unpaired) electrons. The summed E-state index contributed by atoms with van der Waals surface area (Å²) < 4.78 is 11.4. The normalized spacial score (nSPS) is 26.5. The lowest BCUT2D eigenvalue weighted by Gasteiger charge is -2.29. The average molecular weight is 338 g/mol. The van der Waals surface area contributed by atoms with Gasteiger partial charge in [-0.1, -0.05) is 19.9 Å². The molecule has 2 heterocycles. The fourth-order valence-electron chi connectivity index (χ4n) is 2.80. The molecule has 2 aliphatic rings. The van der Waals surface area contributed by atoms with Gasteiger partial charge in [0.1, 0.15) is 5.76 Å². The zero-order valence-corrected chi connectivity index (χ0v) is 15.8. The van der Waals surface area contributed by atoms with Crippen molar-refractivity contribution in [2.24, 2.45) is 5.92 Å². The van der Waals surface area contributed by atoms with Crippen molar-refractivity contribution in [2.45, 2.75) is 58.5 Å². The van der Waals surface area contributed by atoms with E-state index in [-0.39, 0.29) is 12.5 Å². The smallest absolute Gasteiger partial charge is 0.150 e. The Morgan fingerprint density at radius 1 is 1.29 bits per heavy atom. The number of piperidine rings is 1. The van der Waals surface area contributed by atoms with Gasteiger partial charge < -0.3 is 14.4 Å². The van der Waals surface area contributed by atoms with E-state index in [9.17, 15) is 0 Å². The van der Waals surface area contributed by atoms with Crippen LogP contribution in [0.25, 0.3) is 0 Å². The Hall–Kier alpha value is -0.880. The second-order valence-electron chi connectivity index (χ2n) is 7.26. The van der Waals surface area contributed by atoms with Crippen LogP contribution in [0, 0.1) is 5.92 Å². The Labute approximate surface area is 147 Å². The Bertz CT molecular complexity index is 415. The number of epoxide rings is 1. The van der Waals surface area contributed by atoms with E-state index in [4.69, 9.17) is 9.47 Å². The van der Waals surface area contributed by atoms with Gasteiger partial charge in [-0.2, -0.15) is 0 Å². The molecule has 0 spiro atoms. The predicted octanol–water partition coefficient (Wildman–Crippen LogP) is 2.46. The molecule has 0 amide bonds. The lowest BCUT2D eigenvalue weighted by molar-refractivity contribution is 0.189. The van der Waals surface area contributed by atoms with Crippen molar-refractivity contribution in [3.05, 3.63) is 24.0 Å². The first-order valence-corrected chi connectivity index (χ1v) is 9.37. The van der Waals surface area contributed by atoms with Crippen molar-refractivity contribution in [3.8, 4) is 0 Å². The van der Waals surface area contributed by atoms with E-state index in [0.29, 0.717) is 12.0 Å². The molecule has 2 saturated heterocycles. The van der Waals surface area contributed by atoms with Crippen LogP contribution in [0.1, 0.15) is 40.0 Å². The summed E-state index contributed by atoms with van der Waals surface area (Å²) in [5.74, 6) is 1.50. The Balaban J connectivity index is 1.52. The zero-order valence-electron chi connectivity index (χ0n) is 15.8. The van der Waals surface area contributed by atoms with Crippen molar-refractivity contribution in [3.63, 3.8) is 0 Å². The topological polar surface area (TPSA) is 49.1 Å². The van der Waals surface area contributed by atoms with Crippen molar-refractivity contribution < 1.29 is 9.47 Å². The molecule has 2 rings (SSSR count). The van der Waals surface area contributed by atoms with Crippen molar-refractivity contribution in [2.75, 3.05) is 33.3 Å². The highest BCUT2D eigenvalue weighted by Crippen LogP contribution is 2.19. The molecule has 24 heavy (non-hydrogen) atoms. The van der Waals surface area contributed by atoms with Gasteiger partial charge in [-0.3, -0.25) is 10.6 Å². The molecular formula is C19H35N3O2. The molecule has 2 unspecified atom stereocenters. The van der Waals surface area contributed by atoms with Gasteiger partial charge in [0.25, 0.3) is 0 Å². The van der Waals surface area contributed by atoms with Crippen molar-refractivity contribution in [1.29, 1.82) is 0 Å². The maximum Gasteiger partial charge on any atom is 0.150 e. The third-order valence-corrected chi connectivity index (χ3v) is 4.42. The van der Waals surface area contributed by atoms with Crippen LogP contribution in [0.5, 0.6) is 0 Å². The molecule has 0 bridgehead atoms. The quantitative estimate of drug-likeness (QED) is 0.278. The van der Waals surface area contributed by atoms with Gasteiger partial charge in [0.05, 0.1) is 6.61 Å². The van der Waals surface area contributed by atoms with Crippen molar-refractivity contribution in [1.82, 2.24) is 15.5 Å². The SMILES string of the molecule is C/C=C(\C=C/CCNC1OC1NC1CCN(C)CC1)OCC(C)C. The first-order valence-electron chi connectivity index (χ1n) is 9.37. The second kappa shape index (κ2) is 10.2. The van der Waals surface area contributed by atoms with E-state index in [1.165, 1.54) is 25.9 Å². The van der Waals surface area contributed by atoms with Gasteiger partial charge in [0.15, 0.2) is 12.5 Å². The summed E-state index contributed by atoms with van der Waals surface area (Å²) >= 11 is 0. The zero-order chi connectivity index (χ0) is 17.4. The molecule has 2 N–H and O–H groups in total. The molecule has 5 nitrogen and oxygen atoms in total. The fraction of sp³-hybridized carbons (Fsp3) is 0.789. The number of nitrogens with one attached hydrogen (secondary N) is 2. The monoisotopic (exact) mass is 337 g/mol. The minimum absolute atomic E-state index is 0.177. The van der Waals surface area contributed by atoms with Crippen molar-refractivity contribution >= 4 is 0 Å². The third-order valence-electron chi connectivity index (χ3n) is 4.42. The highest BCUT2D eigenvalue weighted by molar-refractivity contribution is 5.10. The molecule has 5 heteroatoms. The van der Waals surface area contributed by atoms with Gasteiger partial charge in [-0.05, 0) is 64.4 Å². The molecule has 0 aromatic carbocycles. The van der Waals surface area contributed by atoms with E-state index in [1.54, 1.807) is 0 Å². The maximum atomic E-state index is 5.72. The molecule has 138 valence electrons. The lowest BCUT2D eigenvalue weighted by Crippen LogP contribution is -2.43. The molecule has 0 aromatic heterocycles. The Morgan fingerprint density at radius 3 is 2.71 bits per heavy atom. The summed E-state index contributed by atoms with van der Waals surface area (Å²) in [6, 6.07) is 0.605. The highest BCUT2D eigenvalue weighted by Gasteiger charge is 2.39. The first-order chi connectivity index (χ1) is 11.6. The summed E-state index contributed by atoms with van der Waals surface area (Å²) in [4.78, 5) is 2.39. The lowest BCUT2D eigenvalue weighted by atomic mass is 10.1. The largest absolute Gasteiger partial charge is 0.494 e. The minimum Gasteiger partial charge on any atom is -0.494 e. The average Bonchev–Trinajstić information content (AvgIpc) is 3.30. The molecule has 2 fully saturated rings. The van der Waals surface area contributed by atoms with Crippen LogP contribution >= 0.6 is 0 Å². The molecule has 0 saturated carbocycles. The number of likely N-dealkylation sites (tertiary alicyclic amines) is 1. The molecule has 0 aromatic rings. The van der Waals surface area contributed by atoms with Gasteiger partial charge in [-0.25, -0.2) is 0 Å². The number of hydrogen-bond acceptors (Lipinski definition) is 5. The summed E-state index contributed by atoms with van der Waals surface area (Å²) in [6.45, 7) is 10.4. The summed E-state index contributed by atoms with van der Waals surface area (Å²) in [6.07, 6.45) is 10.0. The van der Waals surface area contributed by atoms with Gasteiger partial charge in [0, 0.05) is 12.6 Å². The number of hydrogen-bond donors (Lipinski definition) is 2. The molecular weight excluding hydrogens is 302 g/mol. The van der Waals surface area contributed by atoms with Crippen LogP contribution in [0.4, 0.5) is 0 Å². The van der Waals surface area contributed by atoms with Crippen LogP contribution < -0.4 is 10.6 Å². The van der Waals surface area contributed by atoms with E-state index >= 15 is 0 Å².